The highest BCUT2D eigenvalue weighted by molar-refractivity contribution is 5.90. The molecule has 19 heavy (non-hydrogen) atoms. The van der Waals surface area contributed by atoms with Crippen LogP contribution in [0.5, 0.6) is 0 Å². The highest BCUT2D eigenvalue weighted by atomic mass is 16.2. The van der Waals surface area contributed by atoms with Gasteiger partial charge in [0.05, 0.1) is 11.9 Å². The molecule has 6 heteroatoms. The number of nitrogens with one attached hydrogen (secondary N) is 2. The van der Waals surface area contributed by atoms with Crippen molar-refractivity contribution in [1.82, 2.24) is 14.5 Å². The first-order chi connectivity index (χ1) is 9.08. The predicted molar refractivity (Wildman–Crippen MR) is 72.0 cm³/mol. The molecule has 0 fully saturated rings. The van der Waals surface area contributed by atoms with Crippen molar-refractivity contribution in [1.29, 1.82) is 0 Å². The Morgan fingerprint density at radius 3 is 2.84 bits per heavy atom. The van der Waals surface area contributed by atoms with Crippen LogP contribution >= 0.6 is 0 Å². The molecule has 0 bridgehead atoms. The Morgan fingerprint density at radius 1 is 1.47 bits per heavy atom. The zero-order valence-electron chi connectivity index (χ0n) is 10.9. The van der Waals surface area contributed by atoms with Gasteiger partial charge in [0.2, 0.25) is 5.91 Å². The number of carbonyl (C=O) groups excluding carboxylic acids is 1. The minimum atomic E-state index is -0.177. The van der Waals surface area contributed by atoms with Crippen molar-refractivity contribution in [2.24, 2.45) is 0 Å². The Balaban J connectivity index is 1.96. The molecule has 0 aliphatic heterocycles. The van der Waals surface area contributed by atoms with Gasteiger partial charge in [0.25, 0.3) is 0 Å². The first-order valence-corrected chi connectivity index (χ1v) is 6.04. The maximum atomic E-state index is 11.8. The SMILES string of the molecule is Cc1[nH]c(=O)n(CCC(=O)Nc2cccnc2)c1C. The molecule has 0 aliphatic rings. The zero-order chi connectivity index (χ0) is 13.8. The lowest BCUT2D eigenvalue weighted by molar-refractivity contribution is -0.116. The molecule has 0 atom stereocenters. The molecule has 0 aliphatic carbocycles. The van der Waals surface area contributed by atoms with Crippen LogP contribution in [0, 0.1) is 13.8 Å². The fourth-order valence-corrected chi connectivity index (χ4v) is 1.82. The van der Waals surface area contributed by atoms with Crippen LogP contribution in [0.15, 0.2) is 29.3 Å². The zero-order valence-corrected chi connectivity index (χ0v) is 10.9. The van der Waals surface area contributed by atoms with Gasteiger partial charge in [-0.25, -0.2) is 4.79 Å². The topological polar surface area (TPSA) is 79.8 Å². The van der Waals surface area contributed by atoms with E-state index in [9.17, 15) is 9.59 Å². The highest BCUT2D eigenvalue weighted by Gasteiger charge is 2.08. The van der Waals surface area contributed by atoms with Crippen molar-refractivity contribution >= 4 is 11.6 Å². The number of imidazole rings is 1. The summed E-state index contributed by atoms with van der Waals surface area (Å²) in [7, 11) is 0. The lowest BCUT2D eigenvalue weighted by Crippen LogP contribution is -2.22. The molecule has 0 radical (unpaired) electrons. The Hall–Kier alpha value is -2.37. The number of H-pyrrole nitrogens is 1. The third kappa shape index (κ3) is 3.09. The molecule has 2 N–H and O–H groups in total. The third-order valence-electron chi connectivity index (χ3n) is 2.99. The van der Waals surface area contributed by atoms with E-state index in [1.807, 2.05) is 13.8 Å². The monoisotopic (exact) mass is 260 g/mol. The average molecular weight is 260 g/mol. The van der Waals surface area contributed by atoms with Gasteiger partial charge < -0.3 is 10.3 Å². The molecule has 0 aromatic carbocycles. The normalized spacial score (nSPS) is 10.4. The minimum Gasteiger partial charge on any atom is -0.325 e. The smallest absolute Gasteiger partial charge is 0.325 e. The van der Waals surface area contributed by atoms with Gasteiger partial charge in [-0.1, -0.05) is 0 Å². The van der Waals surface area contributed by atoms with Crippen molar-refractivity contribution in [2.75, 3.05) is 5.32 Å². The highest BCUT2D eigenvalue weighted by Crippen LogP contribution is 2.05. The first kappa shape index (κ1) is 13.1. The van der Waals surface area contributed by atoms with Crippen LogP contribution in [-0.4, -0.2) is 20.4 Å². The third-order valence-corrected chi connectivity index (χ3v) is 2.99. The van der Waals surface area contributed by atoms with E-state index in [0.29, 0.717) is 12.2 Å². The van der Waals surface area contributed by atoms with Crippen LogP contribution in [0.3, 0.4) is 0 Å². The summed E-state index contributed by atoms with van der Waals surface area (Å²) in [6.45, 7) is 4.05. The van der Waals surface area contributed by atoms with Gasteiger partial charge in [0.15, 0.2) is 0 Å². The number of aromatic amines is 1. The molecule has 0 saturated carbocycles. The number of aromatic nitrogens is 3. The van der Waals surface area contributed by atoms with Crippen LogP contribution in [0.2, 0.25) is 0 Å². The van der Waals surface area contributed by atoms with E-state index in [4.69, 9.17) is 0 Å². The quantitative estimate of drug-likeness (QED) is 0.867. The van der Waals surface area contributed by atoms with E-state index >= 15 is 0 Å². The number of aryl methyl sites for hydroxylation is 1. The number of hydrogen-bond acceptors (Lipinski definition) is 3. The molecule has 2 rings (SSSR count). The molecule has 1 amide bonds. The van der Waals surface area contributed by atoms with E-state index < -0.39 is 0 Å². The fraction of sp³-hybridized carbons (Fsp3) is 0.308. The van der Waals surface area contributed by atoms with Crippen LogP contribution in [0.25, 0.3) is 0 Å². The largest absolute Gasteiger partial charge is 0.325 e. The average Bonchev–Trinajstić information content (AvgIpc) is 2.62. The summed E-state index contributed by atoms with van der Waals surface area (Å²) in [6, 6.07) is 3.52. The van der Waals surface area contributed by atoms with Gasteiger partial charge in [-0.2, -0.15) is 0 Å². The first-order valence-electron chi connectivity index (χ1n) is 6.04. The van der Waals surface area contributed by atoms with Crippen molar-refractivity contribution in [3.8, 4) is 0 Å². The van der Waals surface area contributed by atoms with Gasteiger partial charge in [0.1, 0.15) is 0 Å². The molecule has 2 aromatic rings. The van der Waals surface area contributed by atoms with Gasteiger partial charge in [-0.05, 0) is 26.0 Å². The van der Waals surface area contributed by atoms with Crippen LogP contribution in [-0.2, 0) is 11.3 Å². The number of carbonyl (C=O) groups is 1. The number of pyridine rings is 1. The second-order valence-electron chi connectivity index (χ2n) is 4.33. The van der Waals surface area contributed by atoms with E-state index in [1.165, 1.54) is 0 Å². The summed E-state index contributed by atoms with van der Waals surface area (Å²) in [4.78, 5) is 30.0. The number of anilines is 1. The van der Waals surface area contributed by atoms with E-state index in [0.717, 1.165) is 11.4 Å². The van der Waals surface area contributed by atoms with E-state index in [-0.39, 0.29) is 18.0 Å². The van der Waals surface area contributed by atoms with Gasteiger partial charge >= 0.3 is 5.69 Å². The molecule has 6 nitrogen and oxygen atoms in total. The summed E-state index contributed by atoms with van der Waals surface area (Å²) in [6.07, 6.45) is 3.46. The lowest BCUT2D eigenvalue weighted by atomic mass is 10.3. The lowest BCUT2D eigenvalue weighted by Gasteiger charge is -2.06. The summed E-state index contributed by atoms with van der Waals surface area (Å²) in [5.41, 5.74) is 2.17. The van der Waals surface area contributed by atoms with E-state index in [2.05, 4.69) is 15.3 Å². The number of nitrogens with zero attached hydrogens (tertiary/aromatic N) is 2. The Kier molecular flexibility index (Phi) is 3.79. The van der Waals surface area contributed by atoms with Crippen molar-refractivity contribution in [3.05, 3.63) is 46.4 Å². The van der Waals surface area contributed by atoms with Crippen molar-refractivity contribution < 1.29 is 4.79 Å². The molecular formula is C13H16N4O2. The minimum absolute atomic E-state index is 0.141. The molecule has 0 saturated heterocycles. The summed E-state index contributed by atoms with van der Waals surface area (Å²) in [5.74, 6) is -0.141. The van der Waals surface area contributed by atoms with Gasteiger partial charge in [0, 0.05) is 30.6 Å². The second-order valence-corrected chi connectivity index (χ2v) is 4.33. The van der Waals surface area contributed by atoms with Gasteiger partial charge in [-0.15, -0.1) is 0 Å². The number of amides is 1. The number of rotatable bonds is 4. The molecular weight excluding hydrogens is 244 g/mol. The van der Waals surface area contributed by atoms with Crippen LogP contribution < -0.4 is 11.0 Å². The molecule has 100 valence electrons. The molecule has 2 aromatic heterocycles. The second kappa shape index (κ2) is 5.51. The Bertz CT molecular complexity index is 628. The fourth-order valence-electron chi connectivity index (χ4n) is 1.82. The van der Waals surface area contributed by atoms with Crippen molar-refractivity contribution in [2.45, 2.75) is 26.8 Å². The maximum absolute atomic E-state index is 11.8. The maximum Gasteiger partial charge on any atom is 0.325 e. The summed E-state index contributed by atoms with van der Waals surface area (Å²) in [5, 5.41) is 2.73. The van der Waals surface area contributed by atoms with Crippen LogP contribution in [0.1, 0.15) is 17.8 Å². The molecule has 0 unspecified atom stereocenters. The standard InChI is InChI=1S/C13H16N4O2/c1-9-10(2)17(13(19)15-9)7-5-12(18)16-11-4-3-6-14-8-11/h3-4,6,8H,5,7H2,1-2H3,(H,15,19)(H,16,18). The Morgan fingerprint density at radius 2 is 2.26 bits per heavy atom. The summed E-state index contributed by atoms with van der Waals surface area (Å²) >= 11 is 0. The Labute approximate surface area is 110 Å². The molecule has 2 heterocycles. The van der Waals surface area contributed by atoms with E-state index in [1.54, 1.807) is 29.1 Å². The van der Waals surface area contributed by atoms with Gasteiger partial charge in [-0.3, -0.25) is 14.3 Å². The van der Waals surface area contributed by atoms with Crippen LogP contribution in [0.4, 0.5) is 5.69 Å². The van der Waals surface area contributed by atoms with Crippen molar-refractivity contribution in [3.63, 3.8) is 0 Å². The summed E-state index contributed by atoms with van der Waals surface area (Å²) < 4.78 is 1.57. The molecule has 0 spiro atoms. The number of hydrogen-bond donors (Lipinski definition) is 2. The predicted octanol–water partition coefficient (Wildman–Crippen LogP) is 1.22.